The molecule has 0 bridgehead atoms. The molecule has 0 saturated carbocycles. The van der Waals surface area contributed by atoms with Crippen molar-refractivity contribution in [2.45, 2.75) is 283 Å². The Hall–Kier alpha value is -0.700. The van der Waals surface area contributed by atoms with Crippen LogP contribution in [0.3, 0.4) is 0 Å². The maximum Gasteiger partial charge on any atom is 0.266 e. The highest BCUT2D eigenvalue weighted by Crippen LogP contribution is 2.18. The fraction of sp³-hybridized carbons (Fsp3) is 0.978. The van der Waals surface area contributed by atoms with E-state index in [2.05, 4.69) is 19.2 Å². The van der Waals surface area contributed by atoms with Gasteiger partial charge in [-0.25, -0.2) is 0 Å². The first-order chi connectivity index (χ1) is 26.2. The van der Waals surface area contributed by atoms with Crippen LogP contribution in [-0.2, 0) is 14.9 Å². The van der Waals surface area contributed by atoms with Crippen LogP contribution in [0.1, 0.15) is 264 Å². The number of aliphatic hydroxyl groups excluding tert-OH is 2. The summed E-state index contributed by atoms with van der Waals surface area (Å²) in [5.41, 5.74) is 0. The number of rotatable bonds is 44. The van der Waals surface area contributed by atoms with E-state index in [-0.39, 0.29) is 0 Å². The Bertz CT molecular complexity index is 884. The summed E-state index contributed by atoms with van der Waals surface area (Å²) in [7, 11) is -4.41. The Kier molecular flexibility index (Phi) is 40.0. The Morgan fingerprint density at radius 1 is 0.426 bits per heavy atom. The normalized spacial score (nSPS) is 13.6. The fourth-order valence-corrected chi connectivity index (χ4v) is 8.52. The molecule has 0 radical (unpaired) electrons. The Morgan fingerprint density at radius 2 is 0.667 bits per heavy atom. The molecule has 0 rings (SSSR count). The first-order valence-electron chi connectivity index (χ1n) is 23.8. The second-order valence-electron chi connectivity index (χ2n) is 16.9. The Labute approximate surface area is 336 Å². The average molecular weight is 788 g/mol. The van der Waals surface area contributed by atoms with E-state index in [1.165, 1.54) is 193 Å². The molecule has 0 aliphatic heterocycles. The predicted molar refractivity (Wildman–Crippen MR) is 232 cm³/mol. The van der Waals surface area contributed by atoms with Gasteiger partial charge in [0, 0.05) is 0 Å². The topological polar surface area (TPSA) is 124 Å². The summed E-state index contributed by atoms with van der Waals surface area (Å²) in [5, 5.41) is 23.6. The Balaban J connectivity index is 3.85. The van der Waals surface area contributed by atoms with E-state index in [1.807, 2.05) is 0 Å². The van der Waals surface area contributed by atoms with Crippen LogP contribution >= 0.6 is 0 Å². The molecule has 1 amide bonds. The molecule has 0 fully saturated rings. The van der Waals surface area contributed by atoms with E-state index in [0.29, 0.717) is 12.8 Å². The van der Waals surface area contributed by atoms with Gasteiger partial charge in [-0.05, 0) is 12.8 Å². The maximum atomic E-state index is 12.7. The lowest BCUT2D eigenvalue weighted by Gasteiger charge is -2.24. The molecule has 0 aromatic carbocycles. The van der Waals surface area contributed by atoms with Crippen LogP contribution in [-0.4, -0.2) is 53.1 Å². The molecule has 0 aliphatic rings. The maximum absolute atomic E-state index is 12.7. The van der Waals surface area contributed by atoms with Crippen molar-refractivity contribution in [1.29, 1.82) is 0 Å². The van der Waals surface area contributed by atoms with Gasteiger partial charge in [0.25, 0.3) is 10.1 Å². The zero-order valence-corrected chi connectivity index (χ0v) is 36.8. The molecule has 54 heavy (non-hydrogen) atoms. The molecule has 7 nitrogen and oxygen atoms in total. The van der Waals surface area contributed by atoms with Crippen molar-refractivity contribution in [3.63, 3.8) is 0 Å². The van der Waals surface area contributed by atoms with Crippen molar-refractivity contribution in [1.82, 2.24) is 5.32 Å². The van der Waals surface area contributed by atoms with Crippen molar-refractivity contribution in [2.75, 3.05) is 5.75 Å². The van der Waals surface area contributed by atoms with Gasteiger partial charge in [0.05, 0.1) is 17.9 Å². The summed E-state index contributed by atoms with van der Waals surface area (Å²) in [6.45, 7) is 4.54. The van der Waals surface area contributed by atoms with Gasteiger partial charge >= 0.3 is 0 Å². The summed E-state index contributed by atoms with van der Waals surface area (Å²) in [6.07, 6.45) is 45.5. The van der Waals surface area contributed by atoms with Crippen molar-refractivity contribution in [3.8, 4) is 0 Å². The van der Waals surface area contributed by atoms with Gasteiger partial charge in [-0.1, -0.05) is 251 Å². The zero-order chi connectivity index (χ0) is 39.8. The van der Waals surface area contributed by atoms with Crippen LogP contribution < -0.4 is 5.32 Å². The molecule has 4 N–H and O–H groups in total. The molecule has 0 spiro atoms. The number of unbranched alkanes of at least 4 members (excludes halogenated alkanes) is 35. The van der Waals surface area contributed by atoms with Crippen LogP contribution in [0, 0.1) is 0 Å². The van der Waals surface area contributed by atoms with E-state index in [4.69, 9.17) is 0 Å². The highest BCUT2D eigenvalue weighted by molar-refractivity contribution is 7.85. The Morgan fingerprint density at radius 3 is 0.926 bits per heavy atom. The summed E-state index contributed by atoms with van der Waals surface area (Å²) < 4.78 is 32.7. The minimum atomic E-state index is -4.41. The average Bonchev–Trinajstić information content (AvgIpc) is 3.14. The van der Waals surface area contributed by atoms with Gasteiger partial charge in [-0.3, -0.25) is 9.35 Å². The standard InChI is InChI=1S/C46H93NO6S/c1-3-5-7-9-11-13-15-17-19-21-22-23-25-26-28-30-32-34-36-38-40-44(48)43(42-54(51,52)53)47-46(50)45(49)41-39-37-35-33-31-29-27-24-20-18-16-14-12-10-8-6-4-2/h43-45,48-49H,3-42H2,1-2H3,(H,47,50)(H,51,52,53). The molecule has 324 valence electrons. The van der Waals surface area contributed by atoms with Crippen LogP contribution in [0.4, 0.5) is 0 Å². The molecule has 0 aromatic heterocycles. The molecule has 3 atom stereocenters. The minimum absolute atomic E-state index is 0.304. The quantitative estimate of drug-likeness (QED) is 0.0360. The first kappa shape index (κ1) is 53.3. The van der Waals surface area contributed by atoms with E-state index in [9.17, 15) is 28.0 Å². The first-order valence-corrected chi connectivity index (χ1v) is 25.4. The number of aliphatic hydroxyl groups is 2. The highest BCUT2D eigenvalue weighted by atomic mass is 32.2. The summed E-state index contributed by atoms with van der Waals surface area (Å²) in [5.74, 6) is -1.44. The molecule has 3 unspecified atom stereocenters. The van der Waals surface area contributed by atoms with Gasteiger partial charge in [0.15, 0.2) is 0 Å². The van der Waals surface area contributed by atoms with Crippen molar-refractivity contribution in [2.24, 2.45) is 0 Å². The number of nitrogens with one attached hydrogen (secondary N) is 1. The molecule has 0 heterocycles. The van der Waals surface area contributed by atoms with Crippen LogP contribution in [0.15, 0.2) is 0 Å². The number of carbonyl (C=O) groups is 1. The molecular formula is C46H93NO6S. The van der Waals surface area contributed by atoms with E-state index >= 15 is 0 Å². The summed E-state index contributed by atoms with van der Waals surface area (Å²) >= 11 is 0. The number of hydrogen-bond acceptors (Lipinski definition) is 5. The summed E-state index contributed by atoms with van der Waals surface area (Å²) in [6, 6.07) is -1.14. The van der Waals surface area contributed by atoms with E-state index < -0.39 is 40.0 Å². The largest absolute Gasteiger partial charge is 0.391 e. The molecule has 0 aromatic rings. The third kappa shape index (κ3) is 39.5. The molecule has 8 heteroatoms. The molecule has 0 saturated heterocycles. The molecular weight excluding hydrogens is 695 g/mol. The number of amides is 1. The number of hydrogen-bond donors (Lipinski definition) is 4. The van der Waals surface area contributed by atoms with Crippen molar-refractivity contribution >= 4 is 16.0 Å². The number of carbonyl (C=O) groups excluding carboxylic acids is 1. The van der Waals surface area contributed by atoms with Gasteiger partial charge < -0.3 is 15.5 Å². The second-order valence-corrected chi connectivity index (χ2v) is 18.4. The third-order valence-electron chi connectivity index (χ3n) is 11.4. The lowest BCUT2D eigenvalue weighted by Crippen LogP contribution is -2.50. The van der Waals surface area contributed by atoms with Crippen molar-refractivity contribution < 1.29 is 28.0 Å². The van der Waals surface area contributed by atoms with E-state index in [0.717, 1.165) is 44.9 Å². The van der Waals surface area contributed by atoms with Gasteiger partial charge in [0.2, 0.25) is 5.91 Å². The third-order valence-corrected chi connectivity index (χ3v) is 12.2. The zero-order valence-electron chi connectivity index (χ0n) is 36.0. The minimum Gasteiger partial charge on any atom is -0.391 e. The molecule has 0 aliphatic carbocycles. The lowest BCUT2D eigenvalue weighted by atomic mass is 10.0. The van der Waals surface area contributed by atoms with E-state index in [1.54, 1.807) is 0 Å². The van der Waals surface area contributed by atoms with Crippen LogP contribution in [0.5, 0.6) is 0 Å². The smallest absolute Gasteiger partial charge is 0.266 e. The lowest BCUT2D eigenvalue weighted by molar-refractivity contribution is -0.131. The van der Waals surface area contributed by atoms with Crippen LogP contribution in [0.25, 0.3) is 0 Å². The predicted octanol–water partition coefficient (Wildman–Crippen LogP) is 13.3. The van der Waals surface area contributed by atoms with Crippen LogP contribution in [0.2, 0.25) is 0 Å². The SMILES string of the molecule is CCCCCCCCCCCCCCCCCCCCCCC(O)C(CS(=O)(=O)O)NC(=O)C(O)CCCCCCCCCCCCCCCCCCC. The second kappa shape index (κ2) is 40.5. The van der Waals surface area contributed by atoms with Gasteiger partial charge in [0.1, 0.15) is 6.10 Å². The fourth-order valence-electron chi connectivity index (χ4n) is 7.76. The highest BCUT2D eigenvalue weighted by Gasteiger charge is 2.28. The van der Waals surface area contributed by atoms with Crippen molar-refractivity contribution in [3.05, 3.63) is 0 Å². The van der Waals surface area contributed by atoms with Gasteiger partial charge in [-0.15, -0.1) is 0 Å². The van der Waals surface area contributed by atoms with Gasteiger partial charge in [-0.2, -0.15) is 8.42 Å². The monoisotopic (exact) mass is 788 g/mol. The summed E-state index contributed by atoms with van der Waals surface area (Å²) in [4.78, 5) is 12.7.